The molecule has 1 aromatic heterocycles. The minimum Gasteiger partial charge on any atom is -0.462 e. The number of cyclic esters (lactones) is 1. The van der Waals surface area contributed by atoms with Gasteiger partial charge in [0, 0.05) is 6.54 Å². The number of aliphatic hydroxyl groups is 2. The summed E-state index contributed by atoms with van der Waals surface area (Å²) in [5.41, 5.74) is 0.726. The maximum absolute atomic E-state index is 14.7. The number of benzene rings is 1. The molecule has 2 aromatic rings. The summed E-state index contributed by atoms with van der Waals surface area (Å²) in [7, 11) is 0. The van der Waals surface area contributed by atoms with Gasteiger partial charge in [-0.05, 0) is 30.3 Å². The first-order valence-electron chi connectivity index (χ1n) is 9.20. The second kappa shape index (κ2) is 8.10. The standard InChI is InChI=1S/C19H21FN4O5/c20-17-7-13(24-9-16(11-26)29-19(24)27)1-4-18(17)22-5-6-23(21-12-22)8-14-2-3-15(10-25)28-14/h1-4,7,12,16,25-26H,5-6,8-11H2. The first kappa shape index (κ1) is 19.2. The molecule has 2 aliphatic rings. The lowest BCUT2D eigenvalue weighted by atomic mass is 10.2. The van der Waals surface area contributed by atoms with Crippen molar-refractivity contribution in [1.82, 2.24) is 5.01 Å². The lowest BCUT2D eigenvalue weighted by Gasteiger charge is -2.30. The molecule has 0 spiro atoms. The molecule has 1 saturated heterocycles. The van der Waals surface area contributed by atoms with Gasteiger partial charge in [0.1, 0.15) is 36.4 Å². The third-order valence-corrected chi connectivity index (χ3v) is 4.79. The van der Waals surface area contributed by atoms with Gasteiger partial charge in [-0.1, -0.05) is 0 Å². The fourth-order valence-corrected chi connectivity index (χ4v) is 3.27. The van der Waals surface area contributed by atoms with Crippen molar-refractivity contribution in [3.05, 3.63) is 47.7 Å². The SMILES string of the molecule is O=C1OC(CO)CN1c1ccc(N2C=NN(Cc3ccc(CO)o3)CC2)c(F)c1. The summed E-state index contributed by atoms with van der Waals surface area (Å²) >= 11 is 0. The van der Waals surface area contributed by atoms with Gasteiger partial charge in [0.2, 0.25) is 0 Å². The monoisotopic (exact) mass is 404 g/mol. The van der Waals surface area contributed by atoms with Gasteiger partial charge in [0.05, 0.1) is 37.6 Å². The van der Waals surface area contributed by atoms with Crippen LogP contribution in [0, 0.1) is 5.82 Å². The van der Waals surface area contributed by atoms with E-state index in [9.17, 15) is 9.18 Å². The lowest BCUT2D eigenvalue weighted by molar-refractivity contribution is 0.0963. The van der Waals surface area contributed by atoms with E-state index in [1.807, 2.05) is 0 Å². The summed E-state index contributed by atoms with van der Waals surface area (Å²) in [4.78, 5) is 14.8. The summed E-state index contributed by atoms with van der Waals surface area (Å²) in [6.07, 6.45) is 0.338. The van der Waals surface area contributed by atoms with E-state index in [0.717, 1.165) is 0 Å². The number of ether oxygens (including phenoxy) is 1. The summed E-state index contributed by atoms with van der Waals surface area (Å²) < 4.78 is 25.1. The Morgan fingerprint density at radius 1 is 1.17 bits per heavy atom. The van der Waals surface area contributed by atoms with Gasteiger partial charge < -0.3 is 24.3 Å². The van der Waals surface area contributed by atoms with Crippen LogP contribution in [0.1, 0.15) is 11.5 Å². The number of hydrogen-bond acceptors (Lipinski definition) is 8. The molecule has 0 bridgehead atoms. The van der Waals surface area contributed by atoms with Crippen molar-refractivity contribution in [3.8, 4) is 0 Å². The third-order valence-electron chi connectivity index (χ3n) is 4.79. The Hall–Kier alpha value is -3.11. The summed E-state index contributed by atoms with van der Waals surface area (Å²) in [6.45, 7) is 1.29. The molecule has 10 heteroatoms. The molecule has 0 aliphatic carbocycles. The number of carbonyl (C=O) groups excluding carboxylic acids is 1. The minimum atomic E-state index is -0.604. The molecule has 2 aliphatic heterocycles. The molecule has 1 amide bonds. The van der Waals surface area contributed by atoms with E-state index in [-0.39, 0.29) is 19.8 Å². The molecule has 29 heavy (non-hydrogen) atoms. The van der Waals surface area contributed by atoms with Crippen LogP contribution in [-0.4, -0.2) is 60.0 Å². The predicted molar refractivity (Wildman–Crippen MR) is 102 cm³/mol. The van der Waals surface area contributed by atoms with Gasteiger partial charge in [-0.25, -0.2) is 9.18 Å². The number of aliphatic hydroxyl groups excluding tert-OH is 2. The molecule has 3 heterocycles. The van der Waals surface area contributed by atoms with Crippen LogP contribution < -0.4 is 9.80 Å². The third kappa shape index (κ3) is 4.03. The molecular weight excluding hydrogens is 383 g/mol. The number of halogens is 1. The maximum Gasteiger partial charge on any atom is 0.414 e. The number of hydrogen-bond donors (Lipinski definition) is 2. The van der Waals surface area contributed by atoms with E-state index < -0.39 is 18.0 Å². The Balaban J connectivity index is 1.42. The van der Waals surface area contributed by atoms with E-state index in [0.29, 0.717) is 42.5 Å². The van der Waals surface area contributed by atoms with E-state index in [1.54, 1.807) is 40.5 Å². The van der Waals surface area contributed by atoms with Crippen molar-refractivity contribution in [2.45, 2.75) is 19.3 Å². The zero-order valence-electron chi connectivity index (χ0n) is 15.6. The van der Waals surface area contributed by atoms with Gasteiger partial charge in [-0.15, -0.1) is 0 Å². The van der Waals surface area contributed by atoms with Crippen molar-refractivity contribution < 1.29 is 28.6 Å². The van der Waals surface area contributed by atoms with Crippen LogP contribution >= 0.6 is 0 Å². The molecule has 4 rings (SSSR count). The summed E-state index contributed by atoms with van der Waals surface area (Å²) in [6, 6.07) is 8.00. The highest BCUT2D eigenvalue weighted by Crippen LogP contribution is 2.28. The van der Waals surface area contributed by atoms with Crippen LogP contribution in [0.25, 0.3) is 0 Å². The average molecular weight is 404 g/mol. The Morgan fingerprint density at radius 3 is 2.62 bits per heavy atom. The summed E-state index contributed by atoms with van der Waals surface area (Å²) in [5, 5.41) is 24.3. The Morgan fingerprint density at radius 2 is 2.00 bits per heavy atom. The van der Waals surface area contributed by atoms with Crippen LogP contribution in [0.15, 0.2) is 39.9 Å². The quantitative estimate of drug-likeness (QED) is 0.752. The smallest absolute Gasteiger partial charge is 0.414 e. The highest BCUT2D eigenvalue weighted by atomic mass is 19.1. The molecule has 1 fully saturated rings. The molecular formula is C19H21FN4O5. The highest BCUT2D eigenvalue weighted by molar-refractivity contribution is 5.90. The van der Waals surface area contributed by atoms with Gasteiger partial charge in [0.25, 0.3) is 0 Å². The molecule has 0 radical (unpaired) electrons. The molecule has 1 aromatic carbocycles. The molecule has 0 saturated carbocycles. The zero-order chi connectivity index (χ0) is 20.4. The Labute approximate surface area is 166 Å². The highest BCUT2D eigenvalue weighted by Gasteiger charge is 2.32. The number of anilines is 2. The zero-order valence-corrected chi connectivity index (χ0v) is 15.6. The molecule has 2 N–H and O–H groups in total. The van der Waals surface area contributed by atoms with Crippen LogP contribution in [0.2, 0.25) is 0 Å². The minimum absolute atomic E-state index is 0.151. The van der Waals surface area contributed by atoms with E-state index in [1.165, 1.54) is 11.0 Å². The van der Waals surface area contributed by atoms with Crippen LogP contribution in [0.5, 0.6) is 0 Å². The van der Waals surface area contributed by atoms with Crippen molar-refractivity contribution >= 4 is 23.8 Å². The van der Waals surface area contributed by atoms with Crippen molar-refractivity contribution in [1.29, 1.82) is 0 Å². The van der Waals surface area contributed by atoms with Crippen LogP contribution in [-0.2, 0) is 17.9 Å². The number of rotatable bonds is 6. The predicted octanol–water partition coefficient (Wildman–Crippen LogP) is 1.49. The van der Waals surface area contributed by atoms with Crippen LogP contribution in [0.3, 0.4) is 0 Å². The number of furan rings is 1. The van der Waals surface area contributed by atoms with Crippen molar-refractivity contribution in [3.63, 3.8) is 0 Å². The van der Waals surface area contributed by atoms with Crippen LogP contribution in [0.4, 0.5) is 20.6 Å². The van der Waals surface area contributed by atoms with Gasteiger partial charge in [0.15, 0.2) is 0 Å². The fraction of sp³-hybridized carbons (Fsp3) is 0.368. The number of carbonyl (C=O) groups is 1. The van der Waals surface area contributed by atoms with E-state index >= 15 is 0 Å². The average Bonchev–Trinajstić information content (AvgIpc) is 3.34. The second-order valence-electron chi connectivity index (χ2n) is 6.77. The number of nitrogens with zero attached hydrogens (tertiary/aromatic N) is 4. The maximum atomic E-state index is 14.7. The lowest BCUT2D eigenvalue weighted by Crippen LogP contribution is -2.38. The summed E-state index contributed by atoms with van der Waals surface area (Å²) in [5.74, 6) is 0.701. The van der Waals surface area contributed by atoms with Crippen molar-refractivity contribution in [2.24, 2.45) is 5.10 Å². The molecule has 9 nitrogen and oxygen atoms in total. The fourth-order valence-electron chi connectivity index (χ4n) is 3.27. The molecule has 1 atom stereocenters. The number of hydrazone groups is 1. The number of amides is 1. The van der Waals surface area contributed by atoms with Crippen molar-refractivity contribution in [2.75, 3.05) is 36.0 Å². The molecule has 1 unspecified atom stereocenters. The van der Waals surface area contributed by atoms with Gasteiger partial charge in [-0.3, -0.25) is 9.91 Å². The Bertz CT molecular complexity index is 918. The van der Waals surface area contributed by atoms with E-state index in [4.69, 9.17) is 19.4 Å². The largest absolute Gasteiger partial charge is 0.462 e. The first-order chi connectivity index (χ1) is 14.1. The van der Waals surface area contributed by atoms with E-state index in [2.05, 4.69) is 5.10 Å². The first-order valence-corrected chi connectivity index (χ1v) is 9.20. The topological polar surface area (TPSA) is 102 Å². The van der Waals surface area contributed by atoms with Gasteiger partial charge >= 0.3 is 6.09 Å². The van der Waals surface area contributed by atoms with Gasteiger partial charge in [-0.2, -0.15) is 5.10 Å². The second-order valence-corrected chi connectivity index (χ2v) is 6.77. The molecule has 154 valence electrons. The normalized spacial score (nSPS) is 19.2. The Kier molecular flexibility index (Phi) is 5.36.